The van der Waals surface area contributed by atoms with Crippen LogP contribution < -0.4 is 10.1 Å². The zero-order chi connectivity index (χ0) is 20.4. The average Bonchev–Trinajstić information content (AvgIpc) is 3.15. The van der Waals surface area contributed by atoms with Gasteiger partial charge in [-0.25, -0.2) is 14.4 Å². The number of benzene rings is 2. The number of aryl methyl sites for hydroxylation is 1. The quantitative estimate of drug-likeness (QED) is 0.498. The number of anilines is 1. The van der Waals surface area contributed by atoms with E-state index in [9.17, 15) is 9.18 Å². The summed E-state index contributed by atoms with van der Waals surface area (Å²) in [6.07, 6.45) is 1.41. The molecule has 0 radical (unpaired) electrons. The Labute approximate surface area is 171 Å². The van der Waals surface area contributed by atoms with Crippen molar-refractivity contribution >= 4 is 33.1 Å². The molecule has 0 unspecified atom stereocenters. The third-order valence-electron chi connectivity index (χ3n) is 4.71. The molecule has 4 aromatic rings. The Bertz CT molecular complexity index is 1190. The predicted octanol–water partition coefficient (Wildman–Crippen LogP) is 5.13. The number of hydrogen-bond acceptors (Lipinski definition) is 5. The minimum absolute atomic E-state index is 0.182. The van der Waals surface area contributed by atoms with Crippen LogP contribution in [0.4, 0.5) is 10.1 Å². The van der Waals surface area contributed by atoms with Crippen molar-refractivity contribution in [3.05, 3.63) is 71.1 Å². The fourth-order valence-corrected chi connectivity index (χ4v) is 3.91. The van der Waals surface area contributed by atoms with Gasteiger partial charge in [-0.2, -0.15) is 0 Å². The van der Waals surface area contributed by atoms with Crippen molar-refractivity contribution in [2.24, 2.45) is 0 Å². The second kappa shape index (κ2) is 7.97. The Morgan fingerprint density at radius 2 is 1.93 bits per heavy atom. The molecular formula is C22H18FN3O2S. The van der Waals surface area contributed by atoms with E-state index in [4.69, 9.17) is 4.74 Å². The van der Waals surface area contributed by atoms with Crippen molar-refractivity contribution in [3.63, 3.8) is 0 Å². The van der Waals surface area contributed by atoms with Crippen molar-refractivity contribution in [1.82, 2.24) is 9.97 Å². The summed E-state index contributed by atoms with van der Waals surface area (Å²) in [5, 5.41) is 5.51. The third kappa shape index (κ3) is 3.95. The monoisotopic (exact) mass is 407 g/mol. The number of thiophene rings is 1. The molecule has 0 atom stereocenters. The standard InChI is InChI=1S/C22H18FN3O2S/c1-13-4-3-5-18(14(13)2)26-19(27)10-28-21-20-17(11-29-22(20)25-12-24-21)15-6-8-16(23)9-7-15/h3-9,11-12H,10H2,1-2H3,(H,26,27). The number of fused-ring (bicyclic) bond motifs is 1. The lowest BCUT2D eigenvalue weighted by Crippen LogP contribution is -2.21. The van der Waals surface area contributed by atoms with Crippen LogP contribution in [0.25, 0.3) is 21.3 Å². The lowest BCUT2D eigenvalue weighted by Gasteiger charge is -2.11. The van der Waals surface area contributed by atoms with Gasteiger partial charge in [0.1, 0.15) is 17.0 Å². The summed E-state index contributed by atoms with van der Waals surface area (Å²) < 4.78 is 19.0. The number of nitrogens with zero attached hydrogens (tertiary/aromatic N) is 2. The van der Waals surface area contributed by atoms with Crippen LogP contribution in [0, 0.1) is 19.7 Å². The first-order valence-corrected chi connectivity index (χ1v) is 9.88. The zero-order valence-electron chi connectivity index (χ0n) is 15.9. The van der Waals surface area contributed by atoms with Crippen molar-refractivity contribution in [2.45, 2.75) is 13.8 Å². The Kier molecular flexibility index (Phi) is 5.22. The van der Waals surface area contributed by atoms with Gasteiger partial charge in [0.05, 0.1) is 5.39 Å². The number of ether oxygens (including phenoxy) is 1. The van der Waals surface area contributed by atoms with Gasteiger partial charge in [0, 0.05) is 16.6 Å². The fourth-order valence-electron chi connectivity index (χ4n) is 3.01. The van der Waals surface area contributed by atoms with E-state index in [0.29, 0.717) is 11.3 Å². The van der Waals surface area contributed by atoms with Crippen LogP contribution in [0.5, 0.6) is 5.88 Å². The Balaban J connectivity index is 1.56. The average molecular weight is 407 g/mol. The minimum atomic E-state index is -0.302. The van der Waals surface area contributed by atoms with Gasteiger partial charge in [-0.15, -0.1) is 11.3 Å². The molecule has 0 spiro atoms. The van der Waals surface area contributed by atoms with Crippen molar-refractivity contribution in [1.29, 1.82) is 0 Å². The molecular weight excluding hydrogens is 389 g/mol. The molecule has 7 heteroatoms. The topological polar surface area (TPSA) is 64.1 Å². The third-order valence-corrected chi connectivity index (χ3v) is 5.60. The molecule has 146 valence electrons. The van der Waals surface area contributed by atoms with Gasteiger partial charge in [-0.1, -0.05) is 24.3 Å². The molecule has 2 heterocycles. The van der Waals surface area contributed by atoms with E-state index in [2.05, 4.69) is 15.3 Å². The summed E-state index contributed by atoms with van der Waals surface area (Å²) in [4.78, 5) is 21.6. The van der Waals surface area contributed by atoms with Gasteiger partial charge in [0.2, 0.25) is 5.88 Å². The Hall–Kier alpha value is -3.32. The Morgan fingerprint density at radius 3 is 2.72 bits per heavy atom. The van der Waals surface area contributed by atoms with E-state index < -0.39 is 0 Å². The number of carbonyl (C=O) groups is 1. The van der Waals surface area contributed by atoms with E-state index >= 15 is 0 Å². The minimum Gasteiger partial charge on any atom is -0.467 e. The van der Waals surface area contributed by atoms with E-state index in [1.54, 1.807) is 12.1 Å². The zero-order valence-corrected chi connectivity index (χ0v) is 16.7. The van der Waals surface area contributed by atoms with E-state index in [1.807, 2.05) is 37.4 Å². The molecule has 0 aliphatic heterocycles. The van der Waals surface area contributed by atoms with Crippen LogP contribution in [0.1, 0.15) is 11.1 Å². The first-order valence-electron chi connectivity index (χ1n) is 9.00. The normalized spacial score (nSPS) is 10.9. The SMILES string of the molecule is Cc1cccc(NC(=O)COc2ncnc3scc(-c4ccc(F)cc4)c23)c1C. The summed E-state index contributed by atoms with van der Waals surface area (Å²) >= 11 is 1.44. The van der Waals surface area contributed by atoms with Crippen LogP contribution >= 0.6 is 11.3 Å². The number of amides is 1. The maximum Gasteiger partial charge on any atom is 0.262 e. The fraction of sp³-hybridized carbons (Fsp3) is 0.136. The van der Waals surface area contributed by atoms with E-state index in [-0.39, 0.29) is 18.3 Å². The second-order valence-electron chi connectivity index (χ2n) is 6.60. The van der Waals surface area contributed by atoms with Gasteiger partial charge in [-0.3, -0.25) is 4.79 Å². The molecule has 0 fully saturated rings. The molecule has 0 saturated heterocycles. The van der Waals surface area contributed by atoms with Gasteiger partial charge < -0.3 is 10.1 Å². The molecule has 29 heavy (non-hydrogen) atoms. The van der Waals surface area contributed by atoms with Crippen LogP contribution in [-0.4, -0.2) is 22.5 Å². The number of nitrogens with one attached hydrogen (secondary N) is 1. The first-order chi connectivity index (χ1) is 14.0. The van der Waals surface area contributed by atoms with E-state index in [0.717, 1.165) is 32.8 Å². The summed E-state index contributed by atoms with van der Waals surface area (Å²) in [7, 11) is 0. The highest BCUT2D eigenvalue weighted by atomic mass is 32.1. The second-order valence-corrected chi connectivity index (χ2v) is 7.46. The molecule has 1 N–H and O–H groups in total. The summed E-state index contributed by atoms with van der Waals surface area (Å²) in [6.45, 7) is 3.77. The maximum absolute atomic E-state index is 13.3. The molecule has 2 aromatic heterocycles. The van der Waals surface area contributed by atoms with Gasteiger partial charge in [0.25, 0.3) is 5.91 Å². The molecule has 1 amide bonds. The van der Waals surface area contributed by atoms with Crippen molar-refractivity contribution in [3.8, 4) is 17.0 Å². The number of hydrogen-bond donors (Lipinski definition) is 1. The van der Waals surface area contributed by atoms with E-state index in [1.165, 1.54) is 29.8 Å². The molecule has 0 saturated carbocycles. The van der Waals surface area contributed by atoms with Gasteiger partial charge in [0.15, 0.2) is 6.61 Å². The van der Waals surface area contributed by atoms with Crippen LogP contribution in [-0.2, 0) is 4.79 Å². The number of carbonyl (C=O) groups excluding carboxylic acids is 1. The molecule has 0 aliphatic carbocycles. The lowest BCUT2D eigenvalue weighted by molar-refractivity contribution is -0.118. The number of aromatic nitrogens is 2. The van der Waals surface area contributed by atoms with Gasteiger partial charge >= 0.3 is 0 Å². The first kappa shape index (κ1) is 19.0. The number of rotatable bonds is 5. The lowest BCUT2D eigenvalue weighted by atomic mass is 10.1. The molecule has 0 aliphatic rings. The van der Waals surface area contributed by atoms with Crippen molar-refractivity contribution in [2.75, 3.05) is 11.9 Å². The summed E-state index contributed by atoms with van der Waals surface area (Å²) in [6, 6.07) is 11.9. The Morgan fingerprint density at radius 1 is 1.14 bits per heavy atom. The number of halogens is 1. The summed E-state index contributed by atoms with van der Waals surface area (Å²) in [5.41, 5.74) is 4.55. The highest BCUT2D eigenvalue weighted by Crippen LogP contribution is 2.37. The smallest absolute Gasteiger partial charge is 0.262 e. The van der Waals surface area contributed by atoms with Crippen LogP contribution in [0.2, 0.25) is 0 Å². The maximum atomic E-state index is 13.3. The van der Waals surface area contributed by atoms with Crippen molar-refractivity contribution < 1.29 is 13.9 Å². The summed E-state index contributed by atoms with van der Waals surface area (Å²) in [5.74, 6) is -0.250. The molecule has 2 aromatic carbocycles. The van der Waals surface area contributed by atoms with Crippen LogP contribution in [0.15, 0.2) is 54.2 Å². The predicted molar refractivity (Wildman–Crippen MR) is 113 cm³/mol. The highest BCUT2D eigenvalue weighted by molar-refractivity contribution is 7.17. The molecule has 4 rings (SSSR count). The van der Waals surface area contributed by atoms with Crippen LogP contribution in [0.3, 0.4) is 0 Å². The van der Waals surface area contributed by atoms with Gasteiger partial charge in [-0.05, 0) is 48.7 Å². The molecule has 0 bridgehead atoms. The molecule has 5 nitrogen and oxygen atoms in total. The largest absolute Gasteiger partial charge is 0.467 e. The highest BCUT2D eigenvalue weighted by Gasteiger charge is 2.16.